The molecule has 3 rings (SSSR count). The summed E-state index contributed by atoms with van der Waals surface area (Å²) in [5.74, 6) is 0.369. The molecule has 114 valence electrons. The Morgan fingerprint density at radius 3 is 2.45 bits per heavy atom. The quantitative estimate of drug-likeness (QED) is 0.806. The zero-order valence-electron chi connectivity index (χ0n) is 12.3. The Morgan fingerprint density at radius 2 is 1.91 bits per heavy atom. The van der Waals surface area contributed by atoms with Gasteiger partial charge in [-0.2, -0.15) is 9.97 Å². The molecule has 0 spiro atoms. The summed E-state index contributed by atoms with van der Waals surface area (Å²) in [6.45, 7) is 1.31. The van der Waals surface area contributed by atoms with Crippen LogP contribution in [-0.4, -0.2) is 23.0 Å². The second kappa shape index (κ2) is 5.93. The molecule has 5 nitrogen and oxygen atoms in total. The maximum absolute atomic E-state index is 11.2. The number of halogens is 1. The number of hydrogen-bond acceptors (Lipinski definition) is 5. The van der Waals surface area contributed by atoms with Gasteiger partial charge in [0.1, 0.15) is 0 Å². The van der Waals surface area contributed by atoms with Gasteiger partial charge in [-0.25, -0.2) is 0 Å². The van der Waals surface area contributed by atoms with E-state index in [0.29, 0.717) is 16.8 Å². The molecular weight excluding hydrogens is 304 g/mol. The lowest BCUT2D eigenvalue weighted by atomic mass is 10.0. The van der Waals surface area contributed by atoms with Gasteiger partial charge < -0.3 is 9.47 Å². The van der Waals surface area contributed by atoms with Crippen molar-refractivity contribution in [2.24, 2.45) is 0 Å². The lowest BCUT2D eigenvalue weighted by molar-refractivity contribution is -0.132. The summed E-state index contributed by atoms with van der Waals surface area (Å²) in [6.07, 6.45) is 2.15. The van der Waals surface area contributed by atoms with Crippen molar-refractivity contribution in [1.29, 1.82) is 0 Å². The molecule has 1 heterocycles. The van der Waals surface area contributed by atoms with Gasteiger partial charge in [0.2, 0.25) is 5.88 Å². The minimum atomic E-state index is -0.469. The van der Waals surface area contributed by atoms with Crippen molar-refractivity contribution >= 4 is 17.6 Å². The van der Waals surface area contributed by atoms with Gasteiger partial charge in [0, 0.05) is 23.1 Å². The second-order valence-corrected chi connectivity index (χ2v) is 5.59. The van der Waals surface area contributed by atoms with Gasteiger partial charge in [0.25, 0.3) is 0 Å². The van der Waals surface area contributed by atoms with Gasteiger partial charge in [-0.1, -0.05) is 23.7 Å². The van der Waals surface area contributed by atoms with Gasteiger partial charge >= 0.3 is 12.0 Å². The number of ether oxygens (including phenoxy) is 2. The van der Waals surface area contributed by atoms with Crippen LogP contribution in [0.3, 0.4) is 0 Å². The van der Waals surface area contributed by atoms with E-state index in [2.05, 4.69) is 9.97 Å². The van der Waals surface area contributed by atoms with Gasteiger partial charge in [0.15, 0.2) is 0 Å². The van der Waals surface area contributed by atoms with E-state index in [1.807, 2.05) is 12.1 Å². The minimum absolute atomic E-state index is 0.00120. The predicted octanol–water partition coefficient (Wildman–Crippen LogP) is 3.61. The first-order valence-corrected chi connectivity index (χ1v) is 7.36. The molecule has 0 bridgehead atoms. The third-order valence-electron chi connectivity index (χ3n) is 3.42. The molecular formula is C16H15ClN2O3. The molecule has 1 aliphatic carbocycles. The number of aromatic nitrogens is 2. The van der Waals surface area contributed by atoms with Crippen molar-refractivity contribution in [3.8, 4) is 23.1 Å². The van der Waals surface area contributed by atoms with E-state index < -0.39 is 5.97 Å². The van der Waals surface area contributed by atoms with E-state index in [-0.39, 0.29) is 6.01 Å². The summed E-state index contributed by atoms with van der Waals surface area (Å²) in [7, 11) is 1.55. The number of methoxy groups -OCH3 is 1. The Kier molecular flexibility index (Phi) is 3.98. The molecule has 0 unspecified atom stereocenters. The van der Waals surface area contributed by atoms with Crippen LogP contribution in [0.4, 0.5) is 0 Å². The fraction of sp³-hybridized carbons (Fsp3) is 0.312. The minimum Gasteiger partial charge on any atom is -0.481 e. The highest BCUT2D eigenvalue weighted by atomic mass is 35.5. The summed E-state index contributed by atoms with van der Waals surface area (Å²) in [6, 6.07) is 7.36. The summed E-state index contributed by atoms with van der Waals surface area (Å²) in [5.41, 5.74) is 2.57. The van der Waals surface area contributed by atoms with Crippen LogP contribution in [0.15, 0.2) is 24.3 Å². The monoisotopic (exact) mass is 318 g/mol. The Hall–Kier alpha value is -2.14. The summed E-state index contributed by atoms with van der Waals surface area (Å²) >= 11 is 5.95. The third-order valence-corrected chi connectivity index (χ3v) is 3.67. The van der Waals surface area contributed by atoms with Crippen LogP contribution in [0, 0.1) is 0 Å². The van der Waals surface area contributed by atoms with Crippen molar-refractivity contribution < 1.29 is 14.3 Å². The van der Waals surface area contributed by atoms with Crippen LogP contribution < -0.4 is 9.47 Å². The first-order valence-electron chi connectivity index (χ1n) is 6.98. The third kappa shape index (κ3) is 3.04. The molecule has 1 aromatic carbocycles. The van der Waals surface area contributed by atoms with Crippen molar-refractivity contribution in [3.05, 3.63) is 34.9 Å². The molecule has 2 aromatic rings. The lowest BCUT2D eigenvalue weighted by Gasteiger charge is -2.13. The smallest absolute Gasteiger partial charge is 0.328 e. The SMILES string of the molecule is COc1nc(OC(C)=O)nc(-c2ccc(Cl)cc2)c1C1CC1. The molecule has 22 heavy (non-hydrogen) atoms. The number of carbonyl (C=O) groups is 1. The van der Waals surface area contributed by atoms with E-state index in [9.17, 15) is 4.79 Å². The van der Waals surface area contributed by atoms with Crippen LogP contribution in [0.25, 0.3) is 11.3 Å². The lowest BCUT2D eigenvalue weighted by Crippen LogP contribution is -2.08. The van der Waals surface area contributed by atoms with Crippen molar-refractivity contribution in [2.45, 2.75) is 25.7 Å². The topological polar surface area (TPSA) is 61.3 Å². The molecule has 0 aliphatic heterocycles. The van der Waals surface area contributed by atoms with Crippen LogP contribution in [0.1, 0.15) is 31.2 Å². The van der Waals surface area contributed by atoms with Crippen molar-refractivity contribution in [1.82, 2.24) is 9.97 Å². The normalized spacial score (nSPS) is 13.8. The highest BCUT2D eigenvalue weighted by Gasteiger charge is 2.32. The standard InChI is InChI=1S/C16H15ClN2O3/c1-9(20)22-16-18-14(11-5-7-12(17)8-6-11)13(10-3-4-10)15(19-16)21-2/h5-8,10H,3-4H2,1-2H3. The Labute approximate surface area is 133 Å². The van der Waals surface area contributed by atoms with Gasteiger partial charge in [0.05, 0.1) is 12.8 Å². The molecule has 0 radical (unpaired) electrons. The zero-order valence-corrected chi connectivity index (χ0v) is 13.1. The summed E-state index contributed by atoms with van der Waals surface area (Å²) in [4.78, 5) is 19.8. The van der Waals surface area contributed by atoms with Crippen LogP contribution >= 0.6 is 11.6 Å². The second-order valence-electron chi connectivity index (χ2n) is 5.15. The molecule has 0 N–H and O–H groups in total. The molecule has 0 amide bonds. The highest BCUT2D eigenvalue weighted by molar-refractivity contribution is 6.30. The van der Waals surface area contributed by atoms with Gasteiger partial charge in [-0.15, -0.1) is 0 Å². The molecule has 1 saturated carbocycles. The Bertz CT molecular complexity index is 712. The highest BCUT2D eigenvalue weighted by Crippen LogP contribution is 2.48. The van der Waals surface area contributed by atoms with E-state index in [1.165, 1.54) is 6.92 Å². The van der Waals surface area contributed by atoms with Crippen LogP contribution in [0.5, 0.6) is 11.9 Å². The molecule has 0 saturated heterocycles. The van der Waals surface area contributed by atoms with Crippen LogP contribution in [0.2, 0.25) is 5.02 Å². The number of benzene rings is 1. The fourth-order valence-electron chi connectivity index (χ4n) is 2.33. The number of esters is 1. The molecule has 6 heteroatoms. The van der Waals surface area contributed by atoms with Gasteiger partial charge in [-0.3, -0.25) is 4.79 Å². The number of hydrogen-bond donors (Lipinski definition) is 0. The fourth-order valence-corrected chi connectivity index (χ4v) is 2.45. The molecule has 1 aromatic heterocycles. The molecule has 1 fully saturated rings. The van der Waals surface area contributed by atoms with E-state index in [0.717, 1.165) is 29.7 Å². The van der Waals surface area contributed by atoms with Crippen molar-refractivity contribution in [3.63, 3.8) is 0 Å². The van der Waals surface area contributed by atoms with E-state index in [1.54, 1.807) is 19.2 Å². The molecule has 1 aliphatic rings. The molecule has 0 atom stereocenters. The maximum Gasteiger partial charge on any atom is 0.328 e. The average molecular weight is 319 g/mol. The van der Waals surface area contributed by atoms with E-state index >= 15 is 0 Å². The first kappa shape index (κ1) is 14.8. The summed E-state index contributed by atoms with van der Waals surface area (Å²) in [5, 5.41) is 0.651. The summed E-state index contributed by atoms with van der Waals surface area (Å²) < 4.78 is 10.4. The zero-order chi connectivity index (χ0) is 15.7. The van der Waals surface area contributed by atoms with Crippen molar-refractivity contribution in [2.75, 3.05) is 7.11 Å². The van der Waals surface area contributed by atoms with Gasteiger partial charge in [-0.05, 0) is 30.9 Å². The average Bonchev–Trinajstić information content (AvgIpc) is 3.31. The van der Waals surface area contributed by atoms with Crippen LogP contribution in [-0.2, 0) is 4.79 Å². The van der Waals surface area contributed by atoms with E-state index in [4.69, 9.17) is 21.1 Å². The maximum atomic E-state index is 11.2. The first-order chi connectivity index (χ1) is 10.6. The number of nitrogens with zero attached hydrogens (tertiary/aromatic N) is 2. The number of rotatable bonds is 4. The predicted molar refractivity (Wildman–Crippen MR) is 82.3 cm³/mol. The Morgan fingerprint density at radius 1 is 1.23 bits per heavy atom. The largest absolute Gasteiger partial charge is 0.481 e. The number of carbonyl (C=O) groups excluding carboxylic acids is 1. The Balaban J connectivity index is 2.15.